The first-order valence-electron chi connectivity index (χ1n) is 4.91. The van der Waals surface area contributed by atoms with Crippen LogP contribution < -0.4 is 4.74 Å². The Kier molecular flexibility index (Phi) is 3.36. The molecule has 0 aliphatic carbocycles. The Morgan fingerprint density at radius 2 is 2.38 bits per heavy atom. The first-order chi connectivity index (χ1) is 7.69. The maximum Gasteiger partial charge on any atom is 0.311 e. The van der Waals surface area contributed by atoms with Crippen LogP contribution in [0.25, 0.3) is 9.88 Å². The van der Waals surface area contributed by atoms with Gasteiger partial charge in [0.15, 0.2) is 0 Å². The lowest BCUT2D eigenvalue weighted by Crippen LogP contribution is -2.03. The predicted molar refractivity (Wildman–Crippen MR) is 66.1 cm³/mol. The molecule has 0 aromatic carbocycles. The van der Waals surface area contributed by atoms with Crippen molar-refractivity contribution < 1.29 is 9.53 Å². The van der Waals surface area contributed by atoms with E-state index in [1.165, 1.54) is 16.9 Å². The fraction of sp³-hybridized carbons (Fsp3) is 0.273. The predicted octanol–water partition coefficient (Wildman–Crippen LogP) is 3.50. The topological polar surface area (TPSA) is 39.2 Å². The summed E-state index contributed by atoms with van der Waals surface area (Å²) >= 11 is 3.05. The van der Waals surface area contributed by atoms with E-state index in [0.717, 1.165) is 9.88 Å². The van der Waals surface area contributed by atoms with Crippen LogP contribution >= 0.6 is 22.7 Å². The summed E-state index contributed by atoms with van der Waals surface area (Å²) in [5.74, 6) is -0.224. The Morgan fingerprint density at radius 3 is 3.00 bits per heavy atom. The number of hydrogen-bond acceptors (Lipinski definition) is 5. The summed E-state index contributed by atoms with van der Waals surface area (Å²) < 4.78 is 5.09. The molecule has 0 unspecified atom stereocenters. The smallest absolute Gasteiger partial charge is 0.311 e. The van der Waals surface area contributed by atoms with E-state index in [1.54, 1.807) is 24.5 Å². The van der Waals surface area contributed by atoms with Crippen LogP contribution in [-0.4, -0.2) is 11.0 Å². The minimum absolute atomic E-state index is 0.224. The van der Waals surface area contributed by atoms with Gasteiger partial charge in [0.1, 0.15) is 5.01 Å². The molecule has 0 saturated carbocycles. The van der Waals surface area contributed by atoms with Crippen molar-refractivity contribution in [2.75, 3.05) is 0 Å². The van der Waals surface area contributed by atoms with Crippen molar-refractivity contribution in [1.82, 2.24) is 4.98 Å². The van der Waals surface area contributed by atoms with Crippen LogP contribution in [-0.2, 0) is 4.79 Å². The van der Waals surface area contributed by atoms with Crippen LogP contribution in [0.4, 0.5) is 0 Å². The van der Waals surface area contributed by atoms with Gasteiger partial charge in [0.2, 0.25) is 5.06 Å². The molecule has 2 rings (SSSR count). The first-order valence-corrected chi connectivity index (χ1v) is 6.60. The molecule has 0 bridgehead atoms. The van der Waals surface area contributed by atoms with E-state index < -0.39 is 0 Å². The zero-order chi connectivity index (χ0) is 11.5. The number of carbonyl (C=O) groups excluding carboxylic acids is 1. The van der Waals surface area contributed by atoms with Gasteiger partial charge in [-0.1, -0.05) is 18.3 Å². The minimum atomic E-state index is -0.224. The molecule has 2 heterocycles. The third kappa shape index (κ3) is 2.48. The average Bonchev–Trinajstić information content (AvgIpc) is 2.87. The van der Waals surface area contributed by atoms with Crippen LogP contribution in [0.3, 0.4) is 0 Å². The number of thiophene rings is 1. The summed E-state index contributed by atoms with van der Waals surface area (Å²) in [6.45, 7) is 3.82. The van der Waals surface area contributed by atoms with Gasteiger partial charge in [0, 0.05) is 6.42 Å². The standard InChI is InChI=1S/C11H11NO2S2/c1-3-9(13)14-10-5-12-11(16-10)8-4-7(2)6-15-8/h4-6H,3H2,1-2H3. The van der Waals surface area contributed by atoms with E-state index in [9.17, 15) is 4.79 Å². The van der Waals surface area contributed by atoms with Crippen molar-refractivity contribution in [2.24, 2.45) is 0 Å². The number of ether oxygens (including phenoxy) is 1. The van der Waals surface area contributed by atoms with Crippen LogP contribution in [0.2, 0.25) is 0 Å². The molecule has 0 aliphatic rings. The van der Waals surface area contributed by atoms with Crippen LogP contribution in [0.15, 0.2) is 17.6 Å². The second-order valence-electron chi connectivity index (χ2n) is 3.30. The Balaban J connectivity index is 2.16. The monoisotopic (exact) mass is 253 g/mol. The first kappa shape index (κ1) is 11.3. The van der Waals surface area contributed by atoms with Crippen LogP contribution in [0.1, 0.15) is 18.9 Å². The number of carbonyl (C=O) groups is 1. The summed E-state index contributed by atoms with van der Waals surface area (Å²) in [5.41, 5.74) is 1.22. The lowest BCUT2D eigenvalue weighted by molar-refractivity contribution is -0.133. The maximum absolute atomic E-state index is 11.1. The van der Waals surface area contributed by atoms with Crippen LogP contribution in [0.5, 0.6) is 5.06 Å². The van der Waals surface area contributed by atoms with Gasteiger partial charge in [0.05, 0.1) is 11.1 Å². The normalized spacial score (nSPS) is 10.4. The lowest BCUT2D eigenvalue weighted by Gasteiger charge is -1.95. The number of thiazole rings is 1. The fourth-order valence-corrected chi connectivity index (χ4v) is 2.90. The number of hydrogen-bond donors (Lipinski definition) is 0. The molecule has 0 fully saturated rings. The van der Waals surface area contributed by atoms with Gasteiger partial charge < -0.3 is 4.74 Å². The molecule has 84 valence electrons. The molecule has 0 aliphatic heterocycles. The third-order valence-corrected chi connectivity index (χ3v) is 4.02. The number of rotatable bonds is 3. The minimum Gasteiger partial charge on any atom is -0.414 e. The van der Waals surface area contributed by atoms with E-state index in [1.807, 2.05) is 6.92 Å². The average molecular weight is 253 g/mol. The molecule has 0 amide bonds. The Bertz CT molecular complexity index is 502. The highest BCUT2D eigenvalue weighted by atomic mass is 32.1. The summed E-state index contributed by atoms with van der Waals surface area (Å²) in [6.07, 6.45) is 1.98. The second kappa shape index (κ2) is 4.76. The molecule has 16 heavy (non-hydrogen) atoms. The van der Waals surface area contributed by atoms with Gasteiger partial charge in [0.25, 0.3) is 0 Å². The highest BCUT2D eigenvalue weighted by Gasteiger charge is 2.09. The van der Waals surface area contributed by atoms with Crippen molar-refractivity contribution in [3.05, 3.63) is 23.2 Å². The third-order valence-electron chi connectivity index (χ3n) is 1.93. The van der Waals surface area contributed by atoms with Gasteiger partial charge in [-0.3, -0.25) is 4.79 Å². The van der Waals surface area contributed by atoms with E-state index >= 15 is 0 Å². The van der Waals surface area contributed by atoms with E-state index in [4.69, 9.17) is 4.74 Å². The number of nitrogens with zero attached hydrogens (tertiary/aromatic N) is 1. The number of aryl methyl sites for hydroxylation is 1. The van der Waals surface area contributed by atoms with Crippen LogP contribution in [0, 0.1) is 6.92 Å². The molecular weight excluding hydrogens is 242 g/mol. The van der Waals surface area contributed by atoms with E-state index in [-0.39, 0.29) is 5.97 Å². The van der Waals surface area contributed by atoms with Crippen molar-refractivity contribution in [1.29, 1.82) is 0 Å². The Hall–Kier alpha value is -1.20. The summed E-state index contributed by atoms with van der Waals surface area (Å²) in [7, 11) is 0. The Morgan fingerprint density at radius 1 is 1.56 bits per heavy atom. The molecule has 0 atom stereocenters. The number of esters is 1. The molecule has 2 aromatic rings. The number of aromatic nitrogens is 1. The molecule has 3 nitrogen and oxygen atoms in total. The molecule has 0 N–H and O–H groups in total. The van der Waals surface area contributed by atoms with Crippen molar-refractivity contribution in [3.8, 4) is 14.9 Å². The highest BCUT2D eigenvalue weighted by molar-refractivity contribution is 7.22. The fourth-order valence-electron chi connectivity index (χ4n) is 1.15. The zero-order valence-corrected chi connectivity index (χ0v) is 10.7. The largest absolute Gasteiger partial charge is 0.414 e. The maximum atomic E-state index is 11.1. The molecule has 0 radical (unpaired) electrons. The SMILES string of the molecule is CCC(=O)Oc1cnc(-c2cc(C)cs2)s1. The summed E-state index contributed by atoms with van der Waals surface area (Å²) in [6, 6.07) is 2.08. The molecular formula is C11H11NO2S2. The molecule has 2 aromatic heterocycles. The zero-order valence-electron chi connectivity index (χ0n) is 9.02. The van der Waals surface area contributed by atoms with Crippen molar-refractivity contribution >= 4 is 28.6 Å². The lowest BCUT2D eigenvalue weighted by atomic mass is 10.3. The van der Waals surface area contributed by atoms with Gasteiger partial charge in [-0.15, -0.1) is 11.3 Å². The van der Waals surface area contributed by atoms with Gasteiger partial charge in [-0.25, -0.2) is 4.98 Å². The molecule has 5 heteroatoms. The van der Waals surface area contributed by atoms with Gasteiger partial charge >= 0.3 is 5.97 Å². The quantitative estimate of drug-likeness (QED) is 0.786. The highest BCUT2D eigenvalue weighted by Crippen LogP contribution is 2.33. The Labute approximate surface area is 102 Å². The summed E-state index contributed by atoms with van der Waals surface area (Å²) in [5, 5.41) is 3.54. The van der Waals surface area contributed by atoms with Gasteiger partial charge in [-0.05, 0) is 23.9 Å². The molecule has 0 saturated heterocycles. The van der Waals surface area contributed by atoms with E-state index in [2.05, 4.69) is 16.4 Å². The summed E-state index contributed by atoms with van der Waals surface area (Å²) in [4.78, 5) is 16.4. The van der Waals surface area contributed by atoms with Crippen molar-refractivity contribution in [3.63, 3.8) is 0 Å². The second-order valence-corrected chi connectivity index (χ2v) is 5.20. The van der Waals surface area contributed by atoms with E-state index in [0.29, 0.717) is 11.5 Å². The van der Waals surface area contributed by atoms with Gasteiger partial charge in [-0.2, -0.15) is 0 Å². The van der Waals surface area contributed by atoms with Crippen molar-refractivity contribution in [2.45, 2.75) is 20.3 Å². The molecule has 0 spiro atoms.